The maximum atomic E-state index is 12.4. The van der Waals surface area contributed by atoms with Gasteiger partial charge in [-0.05, 0) is 61.4 Å². The van der Waals surface area contributed by atoms with Gasteiger partial charge >= 0.3 is 7.60 Å². The van der Waals surface area contributed by atoms with E-state index in [1.165, 1.54) is 6.66 Å². The Morgan fingerprint density at radius 2 is 1.24 bits per heavy atom. The SMILES string of the molecule is Cc1cc(OP(C)(=O)Oc2ccc(Cl)c(C)c2)ccc1Cl. The average Bonchev–Trinajstić information content (AvgIpc) is 2.37. The molecular weight excluding hydrogens is 330 g/mol. The summed E-state index contributed by atoms with van der Waals surface area (Å²) in [6.07, 6.45) is 0. The minimum Gasteiger partial charge on any atom is -0.416 e. The Kier molecular flexibility index (Phi) is 4.88. The topological polar surface area (TPSA) is 35.5 Å². The van der Waals surface area contributed by atoms with Crippen LogP contribution in [0, 0.1) is 13.8 Å². The first-order chi connectivity index (χ1) is 9.77. The fourth-order valence-electron chi connectivity index (χ4n) is 1.75. The van der Waals surface area contributed by atoms with E-state index in [1.807, 2.05) is 13.8 Å². The lowest BCUT2D eigenvalue weighted by Gasteiger charge is -2.17. The summed E-state index contributed by atoms with van der Waals surface area (Å²) < 4.78 is 23.3. The fourth-order valence-corrected chi connectivity index (χ4v) is 3.01. The quantitative estimate of drug-likeness (QED) is 0.648. The van der Waals surface area contributed by atoms with Crippen LogP contribution in [0.4, 0.5) is 0 Å². The second kappa shape index (κ2) is 6.31. The first kappa shape index (κ1) is 16.2. The van der Waals surface area contributed by atoms with E-state index >= 15 is 0 Å². The number of hydrogen-bond acceptors (Lipinski definition) is 3. The summed E-state index contributed by atoms with van der Waals surface area (Å²) in [5, 5.41) is 1.25. The molecule has 0 aromatic heterocycles. The number of benzene rings is 2. The van der Waals surface area contributed by atoms with Gasteiger partial charge in [0.1, 0.15) is 11.5 Å². The van der Waals surface area contributed by atoms with Crippen molar-refractivity contribution in [3.63, 3.8) is 0 Å². The van der Waals surface area contributed by atoms with Crippen LogP contribution >= 0.6 is 30.8 Å². The Balaban J connectivity index is 2.15. The van der Waals surface area contributed by atoms with Gasteiger partial charge in [-0.15, -0.1) is 0 Å². The van der Waals surface area contributed by atoms with Gasteiger partial charge in [-0.25, -0.2) is 4.57 Å². The highest BCUT2D eigenvalue weighted by molar-refractivity contribution is 7.53. The van der Waals surface area contributed by atoms with Crippen molar-refractivity contribution >= 4 is 30.8 Å². The molecule has 6 heteroatoms. The molecule has 0 heterocycles. The largest absolute Gasteiger partial charge is 0.427 e. The highest BCUT2D eigenvalue weighted by atomic mass is 35.5. The summed E-state index contributed by atoms with van der Waals surface area (Å²) in [4.78, 5) is 0. The molecule has 0 saturated heterocycles. The van der Waals surface area contributed by atoms with Gasteiger partial charge in [0.25, 0.3) is 0 Å². The maximum absolute atomic E-state index is 12.4. The first-order valence-corrected chi connectivity index (χ1v) is 9.00. The second-order valence-corrected chi connectivity index (χ2v) is 7.50. The van der Waals surface area contributed by atoms with E-state index in [2.05, 4.69) is 0 Å². The molecule has 3 nitrogen and oxygen atoms in total. The first-order valence-electron chi connectivity index (χ1n) is 6.26. The van der Waals surface area contributed by atoms with Gasteiger partial charge in [-0.2, -0.15) is 0 Å². The third kappa shape index (κ3) is 4.41. The van der Waals surface area contributed by atoms with Crippen molar-refractivity contribution in [2.45, 2.75) is 13.8 Å². The predicted molar refractivity (Wildman–Crippen MR) is 87.2 cm³/mol. The molecule has 2 rings (SSSR count). The van der Waals surface area contributed by atoms with Gasteiger partial charge in [-0.1, -0.05) is 23.2 Å². The van der Waals surface area contributed by atoms with Crippen LogP contribution in [0.1, 0.15) is 11.1 Å². The van der Waals surface area contributed by atoms with Crippen molar-refractivity contribution < 1.29 is 13.6 Å². The lowest BCUT2D eigenvalue weighted by atomic mass is 10.2. The van der Waals surface area contributed by atoms with E-state index in [1.54, 1.807) is 36.4 Å². The molecule has 0 aliphatic heterocycles. The van der Waals surface area contributed by atoms with Gasteiger partial charge in [0.2, 0.25) is 0 Å². The zero-order valence-corrected chi connectivity index (χ0v) is 14.3. The minimum atomic E-state index is -3.29. The minimum absolute atomic E-state index is 0.452. The number of aryl methyl sites for hydroxylation is 2. The van der Waals surface area contributed by atoms with Crippen molar-refractivity contribution in [2.75, 3.05) is 6.66 Å². The average molecular weight is 345 g/mol. The summed E-state index contributed by atoms with van der Waals surface area (Å²) in [7, 11) is -3.29. The van der Waals surface area contributed by atoms with Crippen molar-refractivity contribution in [3.8, 4) is 11.5 Å². The standard InChI is InChI=1S/C15H15Cl2O3P/c1-10-8-12(4-6-14(10)16)19-21(3,18)20-13-5-7-15(17)11(2)9-13/h4-9H,1-3H3. The predicted octanol–water partition coefficient (Wildman–Crippen LogP) is 5.89. The molecule has 0 fully saturated rings. The van der Waals surface area contributed by atoms with E-state index in [-0.39, 0.29) is 0 Å². The van der Waals surface area contributed by atoms with Crippen LogP contribution in [0.25, 0.3) is 0 Å². The smallest absolute Gasteiger partial charge is 0.416 e. The van der Waals surface area contributed by atoms with Crippen LogP contribution < -0.4 is 9.05 Å². The van der Waals surface area contributed by atoms with Crippen LogP contribution in [0.3, 0.4) is 0 Å². The monoisotopic (exact) mass is 344 g/mol. The molecule has 0 bridgehead atoms. The summed E-state index contributed by atoms with van der Waals surface area (Å²) >= 11 is 11.9. The van der Waals surface area contributed by atoms with Crippen LogP contribution in [0.5, 0.6) is 11.5 Å². The van der Waals surface area contributed by atoms with Gasteiger partial charge in [-0.3, -0.25) is 0 Å². The number of hydrogen-bond donors (Lipinski definition) is 0. The summed E-state index contributed by atoms with van der Waals surface area (Å²) in [6, 6.07) is 10.1. The third-order valence-corrected chi connectivity index (χ3v) is 4.73. The molecule has 0 N–H and O–H groups in total. The van der Waals surface area contributed by atoms with E-state index < -0.39 is 7.60 Å². The van der Waals surface area contributed by atoms with Crippen LogP contribution in [0.15, 0.2) is 36.4 Å². The molecule has 0 aliphatic carbocycles. The Morgan fingerprint density at radius 3 is 1.57 bits per heavy atom. The molecule has 21 heavy (non-hydrogen) atoms. The third-order valence-electron chi connectivity index (χ3n) is 2.80. The normalized spacial score (nSPS) is 11.3. The fraction of sp³-hybridized carbons (Fsp3) is 0.200. The van der Waals surface area contributed by atoms with E-state index in [0.29, 0.717) is 21.5 Å². The molecule has 112 valence electrons. The number of rotatable bonds is 4. The van der Waals surface area contributed by atoms with E-state index in [9.17, 15) is 4.57 Å². The highest BCUT2D eigenvalue weighted by Gasteiger charge is 2.21. The second-order valence-electron chi connectivity index (χ2n) is 4.78. The van der Waals surface area contributed by atoms with Crippen LogP contribution in [-0.2, 0) is 4.57 Å². The van der Waals surface area contributed by atoms with Gasteiger partial charge < -0.3 is 9.05 Å². The molecule has 0 amide bonds. The Labute approximate surface area is 134 Å². The molecular formula is C15H15Cl2O3P. The Hall–Kier alpha value is -1.15. The van der Waals surface area contributed by atoms with Crippen molar-refractivity contribution in [2.24, 2.45) is 0 Å². The number of halogens is 2. The van der Waals surface area contributed by atoms with Crippen molar-refractivity contribution in [1.29, 1.82) is 0 Å². The Bertz CT molecular complexity index is 659. The lowest BCUT2D eigenvalue weighted by Crippen LogP contribution is -1.99. The molecule has 0 aliphatic rings. The molecule has 0 spiro atoms. The van der Waals surface area contributed by atoms with Gasteiger partial charge in [0, 0.05) is 10.0 Å². The van der Waals surface area contributed by atoms with Crippen LogP contribution in [0.2, 0.25) is 10.0 Å². The van der Waals surface area contributed by atoms with Crippen LogP contribution in [-0.4, -0.2) is 6.66 Å². The highest BCUT2D eigenvalue weighted by Crippen LogP contribution is 2.45. The summed E-state index contributed by atoms with van der Waals surface area (Å²) in [6.45, 7) is 5.11. The molecule has 0 saturated carbocycles. The zero-order chi connectivity index (χ0) is 15.6. The van der Waals surface area contributed by atoms with Gasteiger partial charge in [0.15, 0.2) is 0 Å². The van der Waals surface area contributed by atoms with Crippen molar-refractivity contribution in [1.82, 2.24) is 0 Å². The molecule has 0 atom stereocenters. The molecule has 2 aromatic carbocycles. The van der Waals surface area contributed by atoms with Gasteiger partial charge in [0.05, 0.1) is 6.66 Å². The molecule has 0 radical (unpaired) electrons. The zero-order valence-electron chi connectivity index (χ0n) is 11.9. The summed E-state index contributed by atoms with van der Waals surface area (Å²) in [5.41, 5.74) is 1.69. The van der Waals surface area contributed by atoms with E-state index in [0.717, 1.165) is 11.1 Å². The lowest BCUT2D eigenvalue weighted by molar-refractivity contribution is 0.393. The molecule has 0 unspecified atom stereocenters. The van der Waals surface area contributed by atoms with E-state index in [4.69, 9.17) is 32.2 Å². The molecule has 2 aromatic rings. The maximum Gasteiger partial charge on any atom is 0.427 e. The Morgan fingerprint density at radius 1 is 0.857 bits per heavy atom. The summed E-state index contributed by atoms with van der Waals surface area (Å²) in [5.74, 6) is 0.904. The van der Waals surface area contributed by atoms with Crippen molar-refractivity contribution in [3.05, 3.63) is 57.6 Å².